The van der Waals surface area contributed by atoms with Crippen LogP contribution in [0.2, 0.25) is 0 Å². The van der Waals surface area contributed by atoms with E-state index in [2.05, 4.69) is 4.98 Å². The fourth-order valence-electron chi connectivity index (χ4n) is 1.59. The second kappa shape index (κ2) is 8.11. The van der Waals surface area contributed by atoms with E-state index in [1.54, 1.807) is 19.3 Å². The van der Waals surface area contributed by atoms with Gasteiger partial charge < -0.3 is 10.5 Å². The van der Waals surface area contributed by atoms with Crippen molar-refractivity contribution in [3.8, 4) is 0 Å². The van der Waals surface area contributed by atoms with Crippen LogP contribution in [0.1, 0.15) is 31.1 Å². The number of hydrogen-bond donors (Lipinski definition) is 1. The zero-order chi connectivity index (χ0) is 13.4. The highest BCUT2D eigenvalue weighted by molar-refractivity contribution is 8.00. The molecule has 0 aliphatic carbocycles. The molecule has 100 valence electrons. The summed E-state index contributed by atoms with van der Waals surface area (Å²) >= 11 is 1.52. The largest absolute Gasteiger partial charge is 0.465 e. The number of ether oxygens (including phenoxy) is 1. The van der Waals surface area contributed by atoms with Crippen molar-refractivity contribution in [3.05, 3.63) is 30.1 Å². The molecule has 2 N–H and O–H groups in total. The minimum atomic E-state index is -0.195. The third-order valence-electron chi connectivity index (χ3n) is 2.56. The molecule has 0 bridgehead atoms. The Bertz CT molecular complexity index is 359. The molecular weight excluding hydrogens is 248 g/mol. The average Bonchev–Trinajstić information content (AvgIpc) is 2.40. The number of aromatic nitrogens is 1. The molecule has 0 spiro atoms. The van der Waals surface area contributed by atoms with Gasteiger partial charge in [-0.2, -0.15) is 0 Å². The van der Waals surface area contributed by atoms with Crippen LogP contribution in [0.5, 0.6) is 0 Å². The van der Waals surface area contributed by atoms with Crippen LogP contribution in [0.4, 0.5) is 0 Å². The molecule has 0 aliphatic rings. The first kappa shape index (κ1) is 15.0. The molecule has 5 heteroatoms. The van der Waals surface area contributed by atoms with Crippen LogP contribution in [-0.2, 0) is 9.53 Å². The highest BCUT2D eigenvalue weighted by Crippen LogP contribution is 2.32. The average molecular weight is 268 g/mol. The van der Waals surface area contributed by atoms with Crippen LogP contribution in [0.25, 0.3) is 0 Å². The molecule has 1 rings (SSSR count). The van der Waals surface area contributed by atoms with Crippen LogP contribution in [0.15, 0.2) is 24.5 Å². The lowest BCUT2D eigenvalue weighted by molar-refractivity contribution is -0.139. The maximum Gasteiger partial charge on any atom is 0.315 e. The third-order valence-corrected chi connectivity index (χ3v) is 3.94. The zero-order valence-corrected chi connectivity index (χ0v) is 11.7. The molecule has 0 radical (unpaired) electrons. The van der Waals surface area contributed by atoms with Crippen molar-refractivity contribution in [2.45, 2.75) is 31.6 Å². The molecule has 2 unspecified atom stereocenters. The van der Waals surface area contributed by atoms with E-state index in [1.165, 1.54) is 11.8 Å². The van der Waals surface area contributed by atoms with E-state index in [1.807, 2.05) is 19.1 Å². The number of pyridine rings is 1. The Hall–Kier alpha value is -1.07. The molecule has 0 saturated heterocycles. The Labute approximate surface area is 112 Å². The molecule has 1 aromatic rings. The summed E-state index contributed by atoms with van der Waals surface area (Å²) in [5.41, 5.74) is 7.17. The zero-order valence-electron chi connectivity index (χ0n) is 10.8. The van der Waals surface area contributed by atoms with Gasteiger partial charge in [0, 0.05) is 23.7 Å². The van der Waals surface area contributed by atoms with Crippen molar-refractivity contribution in [1.82, 2.24) is 4.98 Å². The van der Waals surface area contributed by atoms with E-state index in [0.29, 0.717) is 12.4 Å². The smallest absolute Gasteiger partial charge is 0.315 e. The van der Waals surface area contributed by atoms with Gasteiger partial charge in [-0.25, -0.2) is 0 Å². The Morgan fingerprint density at radius 2 is 2.33 bits per heavy atom. The lowest BCUT2D eigenvalue weighted by Gasteiger charge is -2.22. The van der Waals surface area contributed by atoms with Crippen LogP contribution < -0.4 is 5.73 Å². The van der Waals surface area contributed by atoms with Crippen LogP contribution in [0.3, 0.4) is 0 Å². The molecular formula is C13H20N2O2S. The molecule has 0 aromatic carbocycles. The predicted molar refractivity (Wildman–Crippen MR) is 74.3 cm³/mol. The van der Waals surface area contributed by atoms with Gasteiger partial charge in [0.25, 0.3) is 0 Å². The number of hydrogen-bond acceptors (Lipinski definition) is 5. The monoisotopic (exact) mass is 268 g/mol. The van der Waals surface area contributed by atoms with E-state index in [-0.39, 0.29) is 17.3 Å². The van der Waals surface area contributed by atoms with Crippen molar-refractivity contribution >= 4 is 17.7 Å². The summed E-state index contributed by atoms with van der Waals surface area (Å²) in [6, 6.07) is 3.88. The quantitative estimate of drug-likeness (QED) is 0.768. The van der Waals surface area contributed by atoms with E-state index in [9.17, 15) is 4.79 Å². The molecule has 2 atom stereocenters. The van der Waals surface area contributed by atoms with Crippen molar-refractivity contribution in [2.75, 3.05) is 12.4 Å². The first-order valence-corrected chi connectivity index (χ1v) is 7.16. The van der Waals surface area contributed by atoms with Gasteiger partial charge in [-0.1, -0.05) is 13.0 Å². The summed E-state index contributed by atoms with van der Waals surface area (Å²) in [6.07, 6.45) is 4.39. The number of nitrogens with two attached hydrogens (primary N) is 1. The molecule has 1 aromatic heterocycles. The number of carbonyl (C=O) groups excluding carboxylic acids is 1. The van der Waals surface area contributed by atoms with Gasteiger partial charge in [0.2, 0.25) is 0 Å². The fourth-order valence-corrected chi connectivity index (χ4v) is 2.76. The molecule has 0 fully saturated rings. The Balaban J connectivity index is 2.65. The maximum atomic E-state index is 11.4. The number of rotatable bonds is 7. The molecule has 0 aliphatic heterocycles. The first-order valence-electron chi connectivity index (χ1n) is 6.11. The second-order valence-corrected chi connectivity index (χ2v) is 5.02. The van der Waals surface area contributed by atoms with Gasteiger partial charge in [0.1, 0.15) is 0 Å². The second-order valence-electron chi connectivity index (χ2n) is 3.90. The Kier molecular flexibility index (Phi) is 6.75. The SMILES string of the molecule is CCOC(=O)CSC(c1cccnc1)C(N)CC. The molecule has 0 saturated carbocycles. The molecule has 4 nitrogen and oxygen atoms in total. The third kappa shape index (κ3) is 4.66. The summed E-state index contributed by atoms with van der Waals surface area (Å²) in [5, 5.41) is 0.0770. The van der Waals surface area contributed by atoms with Crippen LogP contribution in [0, 0.1) is 0 Å². The van der Waals surface area contributed by atoms with E-state index >= 15 is 0 Å². The van der Waals surface area contributed by atoms with Crippen molar-refractivity contribution in [1.29, 1.82) is 0 Å². The summed E-state index contributed by atoms with van der Waals surface area (Å²) in [5.74, 6) is 0.126. The fraction of sp³-hybridized carbons (Fsp3) is 0.538. The van der Waals surface area contributed by atoms with Gasteiger partial charge in [-0.3, -0.25) is 9.78 Å². The molecule has 18 heavy (non-hydrogen) atoms. The van der Waals surface area contributed by atoms with E-state index in [0.717, 1.165) is 12.0 Å². The lowest BCUT2D eigenvalue weighted by Crippen LogP contribution is -2.26. The number of nitrogens with zero attached hydrogens (tertiary/aromatic N) is 1. The highest BCUT2D eigenvalue weighted by atomic mass is 32.2. The van der Waals surface area contributed by atoms with Crippen molar-refractivity contribution < 1.29 is 9.53 Å². The van der Waals surface area contributed by atoms with Gasteiger partial charge >= 0.3 is 5.97 Å². The van der Waals surface area contributed by atoms with Gasteiger partial charge in [-0.05, 0) is 25.0 Å². The summed E-state index contributed by atoms with van der Waals surface area (Å²) in [7, 11) is 0. The van der Waals surface area contributed by atoms with E-state index in [4.69, 9.17) is 10.5 Å². The standard InChI is InChI=1S/C13H20N2O2S/c1-3-11(14)13(10-6-5-7-15-8-10)18-9-12(16)17-4-2/h5-8,11,13H,3-4,9,14H2,1-2H3. The van der Waals surface area contributed by atoms with E-state index < -0.39 is 0 Å². The predicted octanol–water partition coefficient (Wildman–Crippen LogP) is 2.16. The molecule has 1 heterocycles. The van der Waals surface area contributed by atoms with Gasteiger partial charge in [0.05, 0.1) is 12.4 Å². The normalized spacial score (nSPS) is 13.9. The minimum absolute atomic E-state index is 0.00799. The Morgan fingerprint density at radius 1 is 1.56 bits per heavy atom. The number of carbonyl (C=O) groups is 1. The van der Waals surface area contributed by atoms with Crippen LogP contribution in [-0.4, -0.2) is 29.4 Å². The van der Waals surface area contributed by atoms with Gasteiger partial charge in [0.15, 0.2) is 0 Å². The summed E-state index contributed by atoms with van der Waals surface area (Å²) in [4.78, 5) is 15.5. The van der Waals surface area contributed by atoms with Crippen molar-refractivity contribution in [2.24, 2.45) is 5.73 Å². The summed E-state index contributed by atoms with van der Waals surface area (Å²) < 4.78 is 4.93. The molecule has 0 amide bonds. The van der Waals surface area contributed by atoms with Gasteiger partial charge in [-0.15, -0.1) is 11.8 Å². The van der Waals surface area contributed by atoms with Crippen LogP contribution >= 0.6 is 11.8 Å². The first-order chi connectivity index (χ1) is 8.69. The topological polar surface area (TPSA) is 65.2 Å². The van der Waals surface area contributed by atoms with Crippen molar-refractivity contribution in [3.63, 3.8) is 0 Å². The highest BCUT2D eigenvalue weighted by Gasteiger charge is 2.20. The maximum absolute atomic E-state index is 11.4. The number of thioether (sulfide) groups is 1. The number of esters is 1. The lowest BCUT2D eigenvalue weighted by atomic mass is 10.1. The summed E-state index contributed by atoms with van der Waals surface area (Å²) in [6.45, 7) is 4.26. The minimum Gasteiger partial charge on any atom is -0.465 e. The Morgan fingerprint density at radius 3 is 2.89 bits per heavy atom.